The van der Waals surface area contributed by atoms with E-state index in [-0.39, 0.29) is 17.8 Å². The first-order valence-electron chi connectivity index (χ1n) is 5.71. The minimum Gasteiger partial charge on any atom is -0.488 e. The lowest BCUT2D eigenvalue weighted by Gasteiger charge is -2.10. The molecule has 0 fully saturated rings. The molecule has 0 radical (unpaired) electrons. The van der Waals surface area contributed by atoms with Gasteiger partial charge in [0, 0.05) is 6.42 Å². The Morgan fingerprint density at radius 2 is 2.39 bits per heavy atom. The number of carbonyl (C=O) groups excluding carboxylic acids is 1. The molecule has 2 heterocycles. The highest BCUT2D eigenvalue weighted by Crippen LogP contribution is 2.27. The van der Waals surface area contributed by atoms with Crippen LogP contribution in [0.4, 0.5) is 0 Å². The lowest BCUT2D eigenvalue weighted by molar-refractivity contribution is 0.0923. The first-order valence-corrected chi connectivity index (χ1v) is 5.71. The number of hydrogen-bond donors (Lipinski definition) is 2. The fourth-order valence-corrected chi connectivity index (χ4v) is 1.97. The van der Waals surface area contributed by atoms with Crippen LogP contribution in [0.5, 0.6) is 5.75 Å². The van der Waals surface area contributed by atoms with E-state index in [0.29, 0.717) is 6.54 Å². The number of benzene rings is 1. The van der Waals surface area contributed by atoms with Crippen molar-refractivity contribution in [2.24, 2.45) is 0 Å². The van der Waals surface area contributed by atoms with Gasteiger partial charge >= 0.3 is 0 Å². The molecular formula is C12H12N4O2. The molecule has 0 spiro atoms. The predicted octanol–water partition coefficient (Wildman–Crippen LogP) is 0.538. The molecule has 1 aliphatic heterocycles. The van der Waals surface area contributed by atoms with E-state index in [2.05, 4.69) is 20.5 Å². The van der Waals surface area contributed by atoms with Crippen molar-refractivity contribution in [2.75, 3.05) is 6.54 Å². The van der Waals surface area contributed by atoms with Crippen LogP contribution in [0.15, 0.2) is 30.6 Å². The molecule has 6 nitrogen and oxygen atoms in total. The maximum absolute atomic E-state index is 11.6. The van der Waals surface area contributed by atoms with Crippen LogP contribution in [0.2, 0.25) is 0 Å². The zero-order valence-corrected chi connectivity index (χ0v) is 9.59. The summed E-state index contributed by atoms with van der Waals surface area (Å²) in [6, 6.07) is 7.90. The molecule has 1 aromatic carbocycles. The second kappa shape index (κ2) is 4.48. The number of ether oxygens (including phenoxy) is 1. The predicted molar refractivity (Wildman–Crippen MR) is 63.3 cm³/mol. The highest BCUT2D eigenvalue weighted by molar-refractivity contribution is 5.90. The number of nitrogens with one attached hydrogen (secondary N) is 2. The van der Waals surface area contributed by atoms with E-state index < -0.39 is 0 Å². The molecule has 0 aliphatic carbocycles. The van der Waals surface area contributed by atoms with E-state index >= 15 is 0 Å². The number of aromatic nitrogens is 3. The quantitative estimate of drug-likeness (QED) is 0.825. The highest BCUT2D eigenvalue weighted by Gasteiger charge is 2.23. The summed E-state index contributed by atoms with van der Waals surface area (Å²) in [6.45, 7) is 0.453. The standard InChI is InChI=1S/C12H12N4O2/c17-12(11-14-7-15-16-11)13-6-9-5-8-3-1-2-4-10(8)18-9/h1-4,7,9H,5-6H2,(H,13,17)(H,14,15,16). The van der Waals surface area contributed by atoms with Gasteiger partial charge in [-0.2, -0.15) is 5.10 Å². The number of para-hydroxylation sites is 1. The molecule has 0 saturated heterocycles. The van der Waals surface area contributed by atoms with Gasteiger partial charge in [-0.25, -0.2) is 4.98 Å². The van der Waals surface area contributed by atoms with Crippen molar-refractivity contribution in [1.82, 2.24) is 20.5 Å². The molecule has 6 heteroatoms. The van der Waals surface area contributed by atoms with Crippen LogP contribution in [0.25, 0.3) is 0 Å². The number of hydrogen-bond acceptors (Lipinski definition) is 4. The SMILES string of the molecule is O=C(NCC1Cc2ccccc2O1)c1ncn[nH]1. The average Bonchev–Trinajstić information content (AvgIpc) is 3.04. The number of rotatable bonds is 3. The molecule has 92 valence electrons. The zero-order valence-electron chi connectivity index (χ0n) is 9.59. The number of H-pyrrole nitrogens is 1. The number of aromatic amines is 1. The summed E-state index contributed by atoms with van der Waals surface area (Å²) >= 11 is 0. The van der Waals surface area contributed by atoms with Crippen LogP contribution in [-0.2, 0) is 6.42 Å². The third-order valence-corrected chi connectivity index (χ3v) is 2.83. The number of nitrogens with zero attached hydrogens (tertiary/aromatic N) is 2. The Morgan fingerprint density at radius 3 is 3.17 bits per heavy atom. The summed E-state index contributed by atoms with van der Waals surface area (Å²) in [6.07, 6.45) is 2.10. The van der Waals surface area contributed by atoms with Gasteiger partial charge in [0.1, 0.15) is 18.2 Å². The van der Waals surface area contributed by atoms with E-state index in [1.165, 1.54) is 11.9 Å². The minimum atomic E-state index is -0.271. The highest BCUT2D eigenvalue weighted by atomic mass is 16.5. The largest absolute Gasteiger partial charge is 0.488 e. The van der Waals surface area contributed by atoms with Crippen LogP contribution in [0, 0.1) is 0 Å². The van der Waals surface area contributed by atoms with Crippen molar-refractivity contribution >= 4 is 5.91 Å². The van der Waals surface area contributed by atoms with Gasteiger partial charge in [-0.3, -0.25) is 9.89 Å². The summed E-state index contributed by atoms with van der Waals surface area (Å²) in [7, 11) is 0. The summed E-state index contributed by atoms with van der Waals surface area (Å²) in [5, 5.41) is 8.91. The van der Waals surface area contributed by atoms with Crippen molar-refractivity contribution in [2.45, 2.75) is 12.5 Å². The average molecular weight is 244 g/mol. The van der Waals surface area contributed by atoms with Gasteiger partial charge < -0.3 is 10.1 Å². The Labute approximate surface area is 103 Å². The summed E-state index contributed by atoms with van der Waals surface area (Å²) < 4.78 is 5.71. The molecule has 0 saturated carbocycles. The van der Waals surface area contributed by atoms with E-state index in [4.69, 9.17) is 4.74 Å². The number of amides is 1. The van der Waals surface area contributed by atoms with Gasteiger partial charge in [0.05, 0.1) is 6.54 Å². The lowest BCUT2D eigenvalue weighted by Crippen LogP contribution is -2.34. The van der Waals surface area contributed by atoms with Crippen molar-refractivity contribution < 1.29 is 9.53 Å². The topological polar surface area (TPSA) is 79.9 Å². The van der Waals surface area contributed by atoms with Crippen LogP contribution in [-0.4, -0.2) is 33.7 Å². The molecule has 2 N–H and O–H groups in total. The molecule has 0 bridgehead atoms. The first-order chi connectivity index (χ1) is 8.83. The Kier molecular flexibility index (Phi) is 2.68. The monoisotopic (exact) mass is 244 g/mol. The van der Waals surface area contributed by atoms with E-state index in [9.17, 15) is 4.79 Å². The lowest BCUT2D eigenvalue weighted by atomic mass is 10.1. The molecule has 1 unspecified atom stereocenters. The van der Waals surface area contributed by atoms with Crippen LogP contribution in [0.1, 0.15) is 16.2 Å². The van der Waals surface area contributed by atoms with Crippen molar-refractivity contribution in [3.05, 3.63) is 42.0 Å². The molecule has 1 aliphatic rings. The first kappa shape index (κ1) is 10.8. The summed E-state index contributed by atoms with van der Waals surface area (Å²) in [5.74, 6) is 0.842. The van der Waals surface area contributed by atoms with Crippen molar-refractivity contribution in [3.8, 4) is 5.75 Å². The molecule has 1 atom stereocenters. The number of fused-ring (bicyclic) bond motifs is 1. The fraction of sp³-hybridized carbons (Fsp3) is 0.250. The summed E-state index contributed by atoms with van der Waals surface area (Å²) in [4.78, 5) is 15.4. The van der Waals surface area contributed by atoms with Crippen LogP contribution >= 0.6 is 0 Å². The zero-order chi connectivity index (χ0) is 12.4. The third-order valence-electron chi connectivity index (χ3n) is 2.83. The molecule has 1 amide bonds. The van der Waals surface area contributed by atoms with Gasteiger partial charge in [-0.15, -0.1) is 0 Å². The van der Waals surface area contributed by atoms with E-state index in [1.807, 2.05) is 24.3 Å². The van der Waals surface area contributed by atoms with Crippen LogP contribution in [0.3, 0.4) is 0 Å². The normalized spacial score (nSPS) is 17.0. The van der Waals surface area contributed by atoms with E-state index in [1.54, 1.807) is 0 Å². The second-order valence-electron chi connectivity index (χ2n) is 4.10. The van der Waals surface area contributed by atoms with Crippen LogP contribution < -0.4 is 10.1 Å². The van der Waals surface area contributed by atoms with Gasteiger partial charge in [0.15, 0.2) is 0 Å². The Hall–Kier alpha value is -2.37. The van der Waals surface area contributed by atoms with Crippen molar-refractivity contribution in [3.63, 3.8) is 0 Å². The smallest absolute Gasteiger partial charge is 0.288 e. The third kappa shape index (κ3) is 2.04. The maximum atomic E-state index is 11.6. The number of carbonyl (C=O) groups is 1. The Balaban J connectivity index is 1.56. The van der Waals surface area contributed by atoms with Gasteiger partial charge in [-0.05, 0) is 11.6 Å². The summed E-state index contributed by atoms with van der Waals surface area (Å²) in [5.41, 5.74) is 1.18. The molecule has 18 heavy (non-hydrogen) atoms. The second-order valence-corrected chi connectivity index (χ2v) is 4.10. The molecule has 1 aromatic heterocycles. The molecule has 2 aromatic rings. The maximum Gasteiger partial charge on any atom is 0.288 e. The van der Waals surface area contributed by atoms with Gasteiger partial charge in [0.25, 0.3) is 5.91 Å². The van der Waals surface area contributed by atoms with Crippen molar-refractivity contribution in [1.29, 1.82) is 0 Å². The van der Waals surface area contributed by atoms with Gasteiger partial charge in [-0.1, -0.05) is 18.2 Å². The fourth-order valence-electron chi connectivity index (χ4n) is 1.97. The Bertz CT molecular complexity index is 528. The molecular weight excluding hydrogens is 232 g/mol. The van der Waals surface area contributed by atoms with Gasteiger partial charge in [0.2, 0.25) is 5.82 Å². The Morgan fingerprint density at radius 1 is 1.50 bits per heavy atom. The van der Waals surface area contributed by atoms with E-state index in [0.717, 1.165) is 12.2 Å². The minimum absolute atomic E-state index is 0.0192. The molecule has 3 rings (SSSR count).